The SMILES string of the molecule is C[C@H](CCc1nc2ccccc2c(=O)[nH]1)[C@H]1CC[C@H]2[C@H]3C(C[C@H](O)[C@]12C)[C@@]1(C)CC[C@@H](O)C[C@H]1C[C@H]3O. The predicted molar refractivity (Wildman–Crippen MR) is 144 cm³/mol. The van der Waals surface area contributed by atoms with E-state index in [1.807, 2.05) is 24.3 Å². The second kappa shape index (κ2) is 9.17. The van der Waals surface area contributed by atoms with Crippen LogP contribution in [0.25, 0.3) is 10.9 Å². The molecular formula is C31H44N2O4. The van der Waals surface area contributed by atoms with Crippen molar-refractivity contribution in [1.82, 2.24) is 9.97 Å². The number of nitrogens with zero attached hydrogens (tertiary/aromatic N) is 1. The van der Waals surface area contributed by atoms with E-state index in [1.165, 1.54) is 0 Å². The fraction of sp³-hybridized carbons (Fsp3) is 0.742. The Morgan fingerprint density at radius 3 is 2.65 bits per heavy atom. The summed E-state index contributed by atoms with van der Waals surface area (Å²) in [6.45, 7) is 6.98. The average Bonchev–Trinajstić information content (AvgIpc) is 3.23. The number of aliphatic hydroxyl groups is 3. The van der Waals surface area contributed by atoms with Gasteiger partial charge < -0.3 is 20.3 Å². The molecule has 1 aromatic carbocycles. The molecular weight excluding hydrogens is 464 g/mol. The molecule has 37 heavy (non-hydrogen) atoms. The quantitative estimate of drug-likeness (QED) is 0.488. The second-order valence-corrected chi connectivity index (χ2v) is 13.6. The van der Waals surface area contributed by atoms with Crippen LogP contribution in [0.1, 0.15) is 78.0 Å². The lowest BCUT2D eigenvalue weighted by Gasteiger charge is -2.63. The van der Waals surface area contributed by atoms with Crippen molar-refractivity contribution in [2.24, 2.45) is 46.3 Å². The highest BCUT2D eigenvalue weighted by molar-refractivity contribution is 5.77. The zero-order valence-corrected chi connectivity index (χ0v) is 22.6. The van der Waals surface area contributed by atoms with Crippen molar-refractivity contribution in [3.8, 4) is 0 Å². The Balaban J connectivity index is 1.21. The van der Waals surface area contributed by atoms with Gasteiger partial charge >= 0.3 is 0 Å². The number of benzene rings is 1. The summed E-state index contributed by atoms with van der Waals surface area (Å²) < 4.78 is 0. The van der Waals surface area contributed by atoms with Crippen molar-refractivity contribution >= 4 is 10.9 Å². The highest BCUT2D eigenvalue weighted by Gasteiger charge is 2.65. The minimum absolute atomic E-state index is 0.0804. The largest absolute Gasteiger partial charge is 0.393 e. The first-order valence-electron chi connectivity index (χ1n) is 14.6. The molecule has 11 atom stereocenters. The average molecular weight is 509 g/mol. The van der Waals surface area contributed by atoms with Gasteiger partial charge in [0.2, 0.25) is 0 Å². The Morgan fingerprint density at radius 2 is 1.84 bits per heavy atom. The molecule has 6 heteroatoms. The highest BCUT2D eigenvalue weighted by Crippen LogP contribution is 2.68. The lowest BCUT2D eigenvalue weighted by atomic mass is 9.43. The number of aliphatic hydroxyl groups excluding tert-OH is 3. The maximum absolute atomic E-state index is 12.5. The predicted octanol–water partition coefficient (Wildman–Crippen LogP) is 4.45. The molecule has 0 saturated heterocycles. The van der Waals surface area contributed by atoms with Crippen LogP contribution in [0.5, 0.6) is 0 Å². The van der Waals surface area contributed by atoms with Crippen molar-refractivity contribution in [3.05, 3.63) is 40.4 Å². The molecule has 4 N–H and O–H groups in total. The molecule has 0 radical (unpaired) electrons. The zero-order chi connectivity index (χ0) is 26.1. The Bertz CT molecular complexity index is 1210. The molecule has 0 spiro atoms. The summed E-state index contributed by atoms with van der Waals surface area (Å²) in [5.41, 5.74) is 0.554. The molecule has 0 bridgehead atoms. The first-order chi connectivity index (χ1) is 17.6. The lowest BCUT2D eigenvalue weighted by Crippen LogP contribution is -2.62. The van der Waals surface area contributed by atoms with Gasteiger partial charge in [-0.2, -0.15) is 0 Å². The molecule has 4 aliphatic rings. The molecule has 4 saturated carbocycles. The van der Waals surface area contributed by atoms with Crippen LogP contribution in [0.15, 0.2) is 29.1 Å². The van der Waals surface area contributed by atoms with Gasteiger partial charge in [-0.05, 0) is 110 Å². The van der Waals surface area contributed by atoms with E-state index in [1.54, 1.807) is 0 Å². The van der Waals surface area contributed by atoms with Gasteiger partial charge in [0.1, 0.15) is 5.82 Å². The molecule has 1 aromatic heterocycles. The number of hydrogen-bond acceptors (Lipinski definition) is 5. The molecule has 6 nitrogen and oxygen atoms in total. The molecule has 0 aliphatic heterocycles. The third-order valence-corrected chi connectivity index (χ3v) is 12.0. The Hall–Kier alpha value is -1.76. The smallest absolute Gasteiger partial charge is 0.258 e. The molecule has 1 heterocycles. The minimum Gasteiger partial charge on any atom is -0.393 e. The van der Waals surface area contributed by atoms with Crippen LogP contribution in [0, 0.1) is 46.3 Å². The molecule has 4 aliphatic carbocycles. The lowest BCUT2D eigenvalue weighted by molar-refractivity contribution is -0.207. The Kier molecular flexibility index (Phi) is 6.32. The zero-order valence-electron chi connectivity index (χ0n) is 22.6. The van der Waals surface area contributed by atoms with Crippen molar-refractivity contribution in [1.29, 1.82) is 0 Å². The highest BCUT2D eigenvalue weighted by atomic mass is 16.3. The van der Waals surface area contributed by atoms with Gasteiger partial charge in [-0.1, -0.05) is 32.9 Å². The van der Waals surface area contributed by atoms with Crippen LogP contribution in [-0.4, -0.2) is 43.6 Å². The van der Waals surface area contributed by atoms with E-state index in [2.05, 4.69) is 25.8 Å². The standard InChI is InChI=1S/C31H44N2O4/c1-17(8-11-27-32-24-7-5-4-6-20(24)29(37)33-27)21-9-10-22-28-23(16-26(36)31(21,22)3)30(2)13-12-19(34)14-18(30)15-25(28)35/h4-7,17-19,21-23,25-26,28,34-36H,8-16H2,1-3H3,(H,32,33,37)/t17-,18+,19-,21-,22+,23?,25-,26+,28+,30+,31-/m1/s1. The number of aromatic amines is 1. The summed E-state index contributed by atoms with van der Waals surface area (Å²) in [5.74, 6) is 2.73. The van der Waals surface area contributed by atoms with Crippen molar-refractivity contribution in [3.63, 3.8) is 0 Å². The number of rotatable bonds is 4. The van der Waals surface area contributed by atoms with Gasteiger partial charge in [-0.3, -0.25) is 4.79 Å². The summed E-state index contributed by atoms with van der Waals surface area (Å²) in [6.07, 6.45) is 7.00. The van der Waals surface area contributed by atoms with Crippen LogP contribution < -0.4 is 5.56 Å². The number of H-pyrrole nitrogens is 1. The fourth-order valence-corrected chi connectivity index (χ4v) is 9.95. The van der Waals surface area contributed by atoms with Crippen LogP contribution in [0.3, 0.4) is 0 Å². The van der Waals surface area contributed by atoms with Gasteiger partial charge in [0.05, 0.1) is 29.2 Å². The summed E-state index contributed by atoms with van der Waals surface area (Å²) >= 11 is 0. The Morgan fingerprint density at radius 1 is 1.05 bits per heavy atom. The van der Waals surface area contributed by atoms with Gasteiger partial charge in [-0.25, -0.2) is 4.98 Å². The van der Waals surface area contributed by atoms with Gasteiger partial charge in [-0.15, -0.1) is 0 Å². The van der Waals surface area contributed by atoms with E-state index in [0.717, 1.165) is 62.7 Å². The van der Waals surface area contributed by atoms with Crippen LogP contribution in [0.4, 0.5) is 0 Å². The van der Waals surface area contributed by atoms with Crippen LogP contribution >= 0.6 is 0 Å². The maximum Gasteiger partial charge on any atom is 0.258 e. The minimum atomic E-state index is -0.373. The third-order valence-electron chi connectivity index (χ3n) is 12.0. The Labute approximate surface area is 219 Å². The van der Waals surface area contributed by atoms with Gasteiger partial charge in [0.25, 0.3) is 5.56 Å². The van der Waals surface area contributed by atoms with Crippen LogP contribution in [0.2, 0.25) is 0 Å². The fourth-order valence-electron chi connectivity index (χ4n) is 9.95. The number of aromatic nitrogens is 2. The second-order valence-electron chi connectivity index (χ2n) is 13.6. The van der Waals surface area contributed by atoms with E-state index in [4.69, 9.17) is 4.98 Å². The first kappa shape index (κ1) is 25.5. The number of fused-ring (bicyclic) bond motifs is 6. The summed E-state index contributed by atoms with van der Waals surface area (Å²) in [7, 11) is 0. The molecule has 1 unspecified atom stereocenters. The third kappa shape index (κ3) is 3.92. The summed E-state index contributed by atoms with van der Waals surface area (Å²) in [4.78, 5) is 20.2. The van der Waals surface area contributed by atoms with Gasteiger partial charge in [0.15, 0.2) is 0 Å². The van der Waals surface area contributed by atoms with Crippen LogP contribution in [-0.2, 0) is 6.42 Å². The van der Waals surface area contributed by atoms with Crippen molar-refractivity contribution in [2.45, 2.75) is 96.9 Å². The molecule has 202 valence electrons. The number of hydrogen-bond donors (Lipinski definition) is 4. The normalized spacial score (nSPS) is 44.2. The summed E-state index contributed by atoms with van der Waals surface area (Å²) in [5, 5.41) is 34.2. The first-order valence-corrected chi connectivity index (χ1v) is 14.6. The van der Waals surface area contributed by atoms with E-state index < -0.39 is 0 Å². The van der Waals surface area contributed by atoms with E-state index in [0.29, 0.717) is 41.4 Å². The van der Waals surface area contributed by atoms with Crippen molar-refractivity contribution in [2.75, 3.05) is 0 Å². The van der Waals surface area contributed by atoms with E-state index >= 15 is 0 Å². The van der Waals surface area contributed by atoms with Crippen molar-refractivity contribution < 1.29 is 15.3 Å². The molecule has 0 amide bonds. The topological polar surface area (TPSA) is 106 Å². The van der Waals surface area contributed by atoms with Gasteiger partial charge in [0, 0.05) is 6.42 Å². The molecule has 2 aromatic rings. The maximum atomic E-state index is 12.5. The summed E-state index contributed by atoms with van der Waals surface area (Å²) in [6, 6.07) is 7.47. The van der Waals surface area contributed by atoms with E-state index in [-0.39, 0.29) is 40.6 Å². The molecule has 4 fully saturated rings. The number of para-hydroxylation sites is 1. The number of aryl methyl sites for hydroxylation is 1. The number of nitrogens with one attached hydrogen (secondary N) is 1. The van der Waals surface area contributed by atoms with E-state index in [9.17, 15) is 20.1 Å². The molecule has 6 rings (SSSR count). The monoisotopic (exact) mass is 508 g/mol.